The summed E-state index contributed by atoms with van der Waals surface area (Å²) in [5.74, 6) is 0.409. The number of Topliss-reactive ketones (excluding diaryl/α,β-unsaturated/α-hetero) is 1. The summed E-state index contributed by atoms with van der Waals surface area (Å²) in [6.45, 7) is 2.02. The Morgan fingerprint density at radius 3 is 2.70 bits per heavy atom. The number of carbonyl (C=O) groups excluding carboxylic acids is 1. The Labute approximate surface area is 125 Å². The fourth-order valence-electron chi connectivity index (χ4n) is 2.26. The van der Waals surface area contributed by atoms with Gasteiger partial charge in [0.2, 0.25) is 5.78 Å². The van der Waals surface area contributed by atoms with Crippen LogP contribution in [0.25, 0.3) is 11.0 Å². The van der Waals surface area contributed by atoms with E-state index in [2.05, 4.69) is 15.9 Å². The summed E-state index contributed by atoms with van der Waals surface area (Å²) in [7, 11) is 0. The van der Waals surface area contributed by atoms with Crippen molar-refractivity contribution in [2.24, 2.45) is 0 Å². The number of hydrogen-bond acceptors (Lipinski definition) is 2. The summed E-state index contributed by atoms with van der Waals surface area (Å²) in [6.07, 6.45) is 0.360. The van der Waals surface area contributed by atoms with E-state index in [1.54, 1.807) is 6.07 Å². The van der Waals surface area contributed by atoms with E-state index in [1.807, 2.05) is 49.4 Å². The average molecular weight is 329 g/mol. The van der Waals surface area contributed by atoms with Crippen LogP contribution in [0.5, 0.6) is 0 Å². The maximum absolute atomic E-state index is 12.3. The molecule has 3 rings (SSSR count). The molecule has 0 N–H and O–H groups in total. The quantitative estimate of drug-likeness (QED) is 0.638. The van der Waals surface area contributed by atoms with Crippen LogP contribution in [-0.4, -0.2) is 5.78 Å². The van der Waals surface area contributed by atoms with Gasteiger partial charge in [-0.25, -0.2) is 0 Å². The summed E-state index contributed by atoms with van der Waals surface area (Å²) in [5, 5.41) is 0.937. The molecule has 3 heteroatoms. The summed E-state index contributed by atoms with van der Waals surface area (Å²) in [4.78, 5) is 12.3. The summed E-state index contributed by atoms with van der Waals surface area (Å²) in [6, 6.07) is 15.5. The molecule has 2 aromatic carbocycles. The van der Waals surface area contributed by atoms with Crippen LogP contribution < -0.4 is 0 Å². The van der Waals surface area contributed by atoms with E-state index >= 15 is 0 Å². The van der Waals surface area contributed by atoms with Gasteiger partial charge in [-0.05, 0) is 40.5 Å². The van der Waals surface area contributed by atoms with E-state index < -0.39 is 0 Å². The molecule has 0 radical (unpaired) electrons. The Bertz CT molecular complexity index is 787. The third-order valence-electron chi connectivity index (χ3n) is 3.22. The van der Waals surface area contributed by atoms with E-state index in [-0.39, 0.29) is 5.78 Å². The molecule has 2 nitrogen and oxygen atoms in total. The first kappa shape index (κ1) is 13.1. The second kappa shape index (κ2) is 5.25. The molecule has 0 unspecified atom stereocenters. The fraction of sp³-hybridized carbons (Fsp3) is 0.118. The Kier molecular flexibility index (Phi) is 3.45. The number of carbonyl (C=O) groups is 1. The van der Waals surface area contributed by atoms with Crippen molar-refractivity contribution < 1.29 is 9.21 Å². The Balaban J connectivity index is 1.91. The number of ketones is 1. The lowest BCUT2D eigenvalue weighted by Crippen LogP contribution is -2.02. The first-order valence-corrected chi connectivity index (χ1v) is 7.19. The van der Waals surface area contributed by atoms with E-state index in [4.69, 9.17) is 4.42 Å². The molecule has 0 saturated heterocycles. The molecule has 0 aliphatic rings. The topological polar surface area (TPSA) is 30.2 Å². The van der Waals surface area contributed by atoms with Crippen LogP contribution in [0.2, 0.25) is 0 Å². The minimum Gasteiger partial charge on any atom is -0.452 e. The Morgan fingerprint density at radius 1 is 1.15 bits per heavy atom. The van der Waals surface area contributed by atoms with Gasteiger partial charge in [-0.15, -0.1) is 0 Å². The molecule has 0 bridgehead atoms. The summed E-state index contributed by atoms with van der Waals surface area (Å²) in [5.41, 5.74) is 2.89. The van der Waals surface area contributed by atoms with Gasteiger partial charge >= 0.3 is 0 Å². The third-order valence-corrected chi connectivity index (χ3v) is 3.84. The van der Waals surface area contributed by atoms with Gasteiger partial charge in [0.25, 0.3) is 0 Å². The van der Waals surface area contributed by atoms with Crippen LogP contribution >= 0.6 is 15.9 Å². The van der Waals surface area contributed by atoms with Crippen molar-refractivity contribution in [1.82, 2.24) is 0 Å². The fourth-order valence-corrected chi connectivity index (χ4v) is 2.72. The van der Waals surface area contributed by atoms with Crippen molar-refractivity contribution in [3.05, 3.63) is 69.9 Å². The molecule has 3 aromatic rings. The monoisotopic (exact) mass is 328 g/mol. The van der Waals surface area contributed by atoms with Gasteiger partial charge in [-0.2, -0.15) is 0 Å². The largest absolute Gasteiger partial charge is 0.452 e. The molecular weight excluding hydrogens is 316 g/mol. The van der Waals surface area contributed by atoms with Crippen LogP contribution in [0.3, 0.4) is 0 Å². The zero-order valence-electron chi connectivity index (χ0n) is 11.0. The molecule has 100 valence electrons. The van der Waals surface area contributed by atoms with Gasteiger partial charge < -0.3 is 4.42 Å². The smallest absolute Gasteiger partial charge is 0.202 e. The van der Waals surface area contributed by atoms with Gasteiger partial charge in [-0.1, -0.05) is 42.0 Å². The molecule has 1 heterocycles. The molecular formula is C17H13BrO2. The number of aryl methyl sites for hydroxylation is 1. The maximum Gasteiger partial charge on any atom is 0.202 e. The predicted octanol–water partition coefficient (Wildman–Crippen LogP) is 4.93. The lowest BCUT2D eigenvalue weighted by Gasteiger charge is -2.00. The average Bonchev–Trinajstić information content (AvgIpc) is 2.84. The highest BCUT2D eigenvalue weighted by molar-refractivity contribution is 9.10. The normalized spacial score (nSPS) is 10.9. The van der Waals surface area contributed by atoms with Gasteiger partial charge in [0.15, 0.2) is 5.76 Å². The number of para-hydroxylation sites is 1. The van der Waals surface area contributed by atoms with Crippen LogP contribution in [0.4, 0.5) is 0 Å². The number of hydrogen-bond donors (Lipinski definition) is 0. The van der Waals surface area contributed by atoms with Gasteiger partial charge in [0, 0.05) is 11.8 Å². The third kappa shape index (κ3) is 2.54. The molecule has 0 atom stereocenters. The van der Waals surface area contributed by atoms with Crippen LogP contribution in [0, 0.1) is 6.92 Å². The molecule has 20 heavy (non-hydrogen) atoms. The Hall–Kier alpha value is -1.87. The van der Waals surface area contributed by atoms with Crippen molar-refractivity contribution in [3.63, 3.8) is 0 Å². The highest BCUT2D eigenvalue weighted by Crippen LogP contribution is 2.27. The molecule has 0 saturated carbocycles. The number of rotatable bonds is 3. The van der Waals surface area contributed by atoms with E-state index in [0.717, 1.165) is 26.6 Å². The Morgan fingerprint density at radius 2 is 1.95 bits per heavy atom. The van der Waals surface area contributed by atoms with Crippen molar-refractivity contribution in [3.8, 4) is 0 Å². The summed E-state index contributed by atoms with van der Waals surface area (Å²) >= 11 is 3.43. The lowest BCUT2D eigenvalue weighted by molar-refractivity contribution is 0.0968. The van der Waals surface area contributed by atoms with E-state index in [0.29, 0.717) is 12.2 Å². The summed E-state index contributed by atoms with van der Waals surface area (Å²) < 4.78 is 6.53. The lowest BCUT2D eigenvalue weighted by atomic mass is 10.1. The van der Waals surface area contributed by atoms with Crippen LogP contribution in [-0.2, 0) is 6.42 Å². The van der Waals surface area contributed by atoms with Gasteiger partial charge in [0.1, 0.15) is 5.58 Å². The van der Waals surface area contributed by atoms with Crippen molar-refractivity contribution in [2.75, 3.05) is 0 Å². The molecule has 1 aromatic heterocycles. The predicted molar refractivity (Wildman–Crippen MR) is 83.1 cm³/mol. The number of halogens is 1. The number of furan rings is 1. The minimum absolute atomic E-state index is 0.00120. The second-order valence-corrected chi connectivity index (χ2v) is 5.71. The first-order valence-electron chi connectivity index (χ1n) is 6.40. The minimum atomic E-state index is -0.00120. The molecule has 0 aliphatic carbocycles. The van der Waals surface area contributed by atoms with E-state index in [1.165, 1.54) is 0 Å². The zero-order chi connectivity index (χ0) is 14.1. The zero-order valence-corrected chi connectivity index (χ0v) is 12.6. The number of benzene rings is 2. The highest BCUT2D eigenvalue weighted by Gasteiger charge is 2.14. The molecule has 0 fully saturated rings. The van der Waals surface area contributed by atoms with Crippen molar-refractivity contribution in [1.29, 1.82) is 0 Å². The number of fused-ring (bicyclic) bond motifs is 1. The standard InChI is InChI=1S/C17H13BrO2/c1-11-4-2-5-12(8-11)9-15(19)16-10-13-6-3-7-14(18)17(13)20-16/h2-8,10H,9H2,1H3. The highest BCUT2D eigenvalue weighted by atomic mass is 79.9. The van der Waals surface area contributed by atoms with Crippen LogP contribution in [0.1, 0.15) is 21.7 Å². The molecule has 0 aliphatic heterocycles. The van der Waals surface area contributed by atoms with E-state index in [9.17, 15) is 4.79 Å². The van der Waals surface area contributed by atoms with Gasteiger partial charge in [-0.3, -0.25) is 4.79 Å². The van der Waals surface area contributed by atoms with Crippen molar-refractivity contribution >= 4 is 32.7 Å². The van der Waals surface area contributed by atoms with Gasteiger partial charge in [0.05, 0.1) is 4.47 Å². The van der Waals surface area contributed by atoms with Crippen molar-refractivity contribution in [2.45, 2.75) is 13.3 Å². The second-order valence-electron chi connectivity index (χ2n) is 4.86. The van der Waals surface area contributed by atoms with Crippen LogP contribution in [0.15, 0.2) is 57.4 Å². The SMILES string of the molecule is Cc1cccc(CC(=O)c2cc3cccc(Br)c3o2)c1. The molecule has 0 amide bonds. The first-order chi connectivity index (χ1) is 9.63. The maximum atomic E-state index is 12.3. The molecule has 0 spiro atoms.